The summed E-state index contributed by atoms with van der Waals surface area (Å²) in [6.45, 7) is 1.59. The van der Waals surface area contributed by atoms with Crippen molar-refractivity contribution in [3.05, 3.63) is 63.2 Å². The molecule has 0 radical (unpaired) electrons. The van der Waals surface area contributed by atoms with Gasteiger partial charge in [0.15, 0.2) is 6.61 Å². The topological polar surface area (TPSA) is 55.4 Å². The van der Waals surface area contributed by atoms with Crippen LogP contribution >= 0.6 is 22.6 Å². The maximum Gasteiger partial charge on any atom is 0.338 e. The quantitative estimate of drug-likeness (QED) is 0.638. The van der Waals surface area contributed by atoms with E-state index < -0.39 is 5.97 Å². The average molecular weight is 395 g/mol. The second kappa shape index (κ2) is 7.21. The number of carbonyl (C=O) groups excluding carboxylic acids is 2. The highest BCUT2D eigenvalue weighted by molar-refractivity contribution is 14.1. The highest BCUT2D eigenvalue weighted by Gasteiger charge is 2.10. The van der Waals surface area contributed by atoms with Crippen LogP contribution in [-0.4, -0.2) is 18.5 Å². The van der Waals surface area contributed by atoms with Crippen molar-refractivity contribution in [2.24, 2.45) is 0 Å². The van der Waals surface area contributed by atoms with E-state index in [2.05, 4.69) is 27.9 Å². The molecule has 0 saturated heterocycles. The summed E-state index contributed by atoms with van der Waals surface area (Å²) in [6, 6.07) is 14.4. The zero-order valence-electron chi connectivity index (χ0n) is 11.4. The minimum Gasteiger partial charge on any atom is -0.452 e. The number of carbonyl (C=O) groups is 2. The molecule has 0 fully saturated rings. The van der Waals surface area contributed by atoms with Crippen molar-refractivity contribution in [3.8, 4) is 0 Å². The van der Waals surface area contributed by atoms with Crippen molar-refractivity contribution < 1.29 is 14.3 Å². The maximum absolute atomic E-state index is 11.8. The van der Waals surface area contributed by atoms with Gasteiger partial charge in [-0.15, -0.1) is 0 Å². The van der Waals surface area contributed by atoms with Crippen LogP contribution in [0.2, 0.25) is 0 Å². The van der Waals surface area contributed by atoms with E-state index in [-0.39, 0.29) is 12.5 Å². The molecule has 0 bridgehead atoms. The second-order valence-corrected chi connectivity index (χ2v) is 5.69. The molecule has 1 N–H and O–H groups in total. The first kappa shape index (κ1) is 15.5. The third-order valence-electron chi connectivity index (χ3n) is 2.83. The van der Waals surface area contributed by atoms with Crippen molar-refractivity contribution in [3.63, 3.8) is 0 Å². The number of benzene rings is 2. The molecule has 2 aromatic carbocycles. The SMILES string of the molecule is Cc1ccccc1NC(=O)COC(=O)c1ccc(I)cc1. The van der Waals surface area contributed by atoms with Gasteiger partial charge in [0.1, 0.15) is 0 Å². The van der Waals surface area contributed by atoms with Crippen LogP contribution in [0, 0.1) is 10.5 Å². The van der Waals surface area contributed by atoms with Gasteiger partial charge in [0.25, 0.3) is 5.91 Å². The standard InChI is InChI=1S/C16H14INO3/c1-11-4-2-3-5-14(11)18-15(19)10-21-16(20)12-6-8-13(17)9-7-12/h2-9H,10H2,1H3,(H,18,19). The minimum absolute atomic E-state index is 0.306. The van der Waals surface area contributed by atoms with Crippen LogP contribution < -0.4 is 5.32 Å². The van der Waals surface area contributed by atoms with Crippen LogP contribution in [0.4, 0.5) is 5.69 Å². The molecule has 0 aromatic heterocycles. The number of ether oxygens (including phenoxy) is 1. The Morgan fingerprint density at radius 1 is 1.10 bits per heavy atom. The Morgan fingerprint density at radius 3 is 2.43 bits per heavy atom. The Balaban J connectivity index is 1.88. The van der Waals surface area contributed by atoms with Crippen LogP contribution in [0.1, 0.15) is 15.9 Å². The van der Waals surface area contributed by atoms with Crippen LogP contribution in [0.15, 0.2) is 48.5 Å². The van der Waals surface area contributed by atoms with Crippen molar-refractivity contribution in [2.45, 2.75) is 6.92 Å². The Labute approximate surface area is 136 Å². The van der Waals surface area contributed by atoms with Gasteiger partial charge in [-0.25, -0.2) is 4.79 Å². The summed E-state index contributed by atoms with van der Waals surface area (Å²) in [7, 11) is 0. The number of aryl methyl sites for hydroxylation is 1. The predicted molar refractivity (Wildman–Crippen MR) is 89.3 cm³/mol. The zero-order chi connectivity index (χ0) is 15.2. The Kier molecular flexibility index (Phi) is 5.32. The highest BCUT2D eigenvalue weighted by Crippen LogP contribution is 2.13. The molecule has 0 aliphatic carbocycles. The lowest BCUT2D eigenvalue weighted by Crippen LogP contribution is -2.21. The Hall–Kier alpha value is -1.89. The van der Waals surface area contributed by atoms with E-state index in [4.69, 9.17) is 4.74 Å². The first-order valence-corrected chi connectivity index (χ1v) is 7.42. The molecule has 0 atom stereocenters. The van der Waals surface area contributed by atoms with Crippen LogP contribution in [0.5, 0.6) is 0 Å². The smallest absolute Gasteiger partial charge is 0.338 e. The minimum atomic E-state index is -0.508. The zero-order valence-corrected chi connectivity index (χ0v) is 13.6. The third-order valence-corrected chi connectivity index (χ3v) is 3.55. The molecule has 1 amide bonds. The van der Waals surface area contributed by atoms with Gasteiger partial charge in [-0.05, 0) is 65.4 Å². The van der Waals surface area contributed by atoms with E-state index in [1.165, 1.54) is 0 Å². The molecule has 2 rings (SSSR count). The van der Waals surface area contributed by atoms with E-state index in [1.54, 1.807) is 18.2 Å². The fraction of sp³-hybridized carbons (Fsp3) is 0.125. The number of esters is 1. The van der Waals surface area contributed by atoms with Gasteiger partial charge >= 0.3 is 5.97 Å². The number of amides is 1. The molecule has 21 heavy (non-hydrogen) atoms. The Bertz CT molecular complexity index is 653. The van der Waals surface area contributed by atoms with Gasteiger partial charge in [0, 0.05) is 9.26 Å². The molecule has 4 nitrogen and oxygen atoms in total. The number of anilines is 1. The monoisotopic (exact) mass is 395 g/mol. The van der Waals surface area contributed by atoms with Gasteiger partial charge in [0.2, 0.25) is 0 Å². The van der Waals surface area contributed by atoms with Gasteiger partial charge in [-0.1, -0.05) is 18.2 Å². The molecule has 0 saturated carbocycles. The van der Waals surface area contributed by atoms with Crippen LogP contribution in [0.25, 0.3) is 0 Å². The molecule has 0 heterocycles. The van der Waals surface area contributed by atoms with Gasteiger partial charge in [-0.2, -0.15) is 0 Å². The first-order chi connectivity index (χ1) is 10.1. The van der Waals surface area contributed by atoms with Gasteiger partial charge < -0.3 is 10.1 Å². The van der Waals surface area contributed by atoms with Crippen molar-refractivity contribution in [1.29, 1.82) is 0 Å². The molecular weight excluding hydrogens is 381 g/mol. The summed E-state index contributed by atoms with van der Waals surface area (Å²) in [5.74, 6) is -0.866. The number of hydrogen-bond donors (Lipinski definition) is 1. The van der Waals surface area contributed by atoms with Gasteiger partial charge in [-0.3, -0.25) is 4.79 Å². The summed E-state index contributed by atoms with van der Waals surface area (Å²) in [4.78, 5) is 23.5. The summed E-state index contributed by atoms with van der Waals surface area (Å²) in [5, 5.41) is 2.71. The largest absolute Gasteiger partial charge is 0.452 e. The highest BCUT2D eigenvalue weighted by atomic mass is 127. The Morgan fingerprint density at radius 2 is 1.76 bits per heavy atom. The number of para-hydroxylation sites is 1. The number of hydrogen-bond acceptors (Lipinski definition) is 3. The van der Waals surface area contributed by atoms with E-state index in [1.807, 2.05) is 37.3 Å². The molecule has 0 aliphatic rings. The van der Waals surface area contributed by atoms with Gasteiger partial charge in [0.05, 0.1) is 5.56 Å². The molecule has 0 aliphatic heterocycles. The summed E-state index contributed by atoms with van der Waals surface area (Å²) in [5.41, 5.74) is 2.10. The van der Waals surface area contributed by atoms with Crippen LogP contribution in [-0.2, 0) is 9.53 Å². The number of halogens is 1. The summed E-state index contributed by atoms with van der Waals surface area (Å²) < 4.78 is 6.02. The summed E-state index contributed by atoms with van der Waals surface area (Å²) in [6.07, 6.45) is 0. The normalized spacial score (nSPS) is 10.0. The van der Waals surface area contributed by atoms with Crippen molar-refractivity contribution in [1.82, 2.24) is 0 Å². The maximum atomic E-state index is 11.8. The van der Waals surface area contributed by atoms with E-state index >= 15 is 0 Å². The fourth-order valence-electron chi connectivity index (χ4n) is 1.70. The molecule has 0 spiro atoms. The fourth-order valence-corrected chi connectivity index (χ4v) is 2.06. The van der Waals surface area contributed by atoms with Crippen molar-refractivity contribution in [2.75, 3.05) is 11.9 Å². The van der Waals surface area contributed by atoms with Crippen molar-refractivity contribution >= 4 is 40.2 Å². The lowest BCUT2D eigenvalue weighted by atomic mass is 10.2. The predicted octanol–water partition coefficient (Wildman–Crippen LogP) is 3.40. The number of nitrogens with one attached hydrogen (secondary N) is 1. The number of rotatable bonds is 4. The van der Waals surface area contributed by atoms with E-state index in [0.29, 0.717) is 11.3 Å². The third kappa shape index (κ3) is 4.56. The van der Waals surface area contributed by atoms with E-state index in [9.17, 15) is 9.59 Å². The second-order valence-electron chi connectivity index (χ2n) is 4.45. The first-order valence-electron chi connectivity index (χ1n) is 6.34. The average Bonchev–Trinajstić information content (AvgIpc) is 2.48. The molecule has 0 unspecified atom stereocenters. The lowest BCUT2D eigenvalue weighted by molar-refractivity contribution is -0.119. The van der Waals surface area contributed by atoms with E-state index in [0.717, 1.165) is 9.13 Å². The molecule has 5 heteroatoms. The molecule has 108 valence electrons. The summed E-state index contributed by atoms with van der Waals surface area (Å²) >= 11 is 2.15. The molecular formula is C16H14INO3. The lowest BCUT2D eigenvalue weighted by Gasteiger charge is -2.08. The molecule has 2 aromatic rings. The van der Waals surface area contributed by atoms with Crippen LogP contribution in [0.3, 0.4) is 0 Å².